The van der Waals surface area contributed by atoms with Gasteiger partial charge in [0.1, 0.15) is 12.4 Å². The highest BCUT2D eigenvalue weighted by atomic mass is 32.2. The van der Waals surface area contributed by atoms with E-state index in [1.165, 1.54) is 0 Å². The van der Waals surface area contributed by atoms with Gasteiger partial charge in [-0.25, -0.2) is 9.78 Å². The smallest absolute Gasteiger partial charge is 0.335 e. The van der Waals surface area contributed by atoms with E-state index in [2.05, 4.69) is 10.3 Å². The second-order valence-electron chi connectivity index (χ2n) is 6.14. The minimum absolute atomic E-state index is 0.0881. The Morgan fingerprint density at radius 2 is 2.00 bits per heavy atom. The Balaban J connectivity index is 1.63. The number of fused-ring (bicyclic) bond motifs is 1. The molecule has 27 heavy (non-hydrogen) atoms. The molecular weight excluding hydrogens is 362 g/mol. The van der Waals surface area contributed by atoms with Gasteiger partial charge in [0.05, 0.1) is 22.3 Å². The molecule has 0 fully saturated rings. The lowest BCUT2D eigenvalue weighted by Crippen LogP contribution is -2.29. The van der Waals surface area contributed by atoms with Crippen molar-refractivity contribution < 1.29 is 14.7 Å². The first-order valence-corrected chi connectivity index (χ1v) is 10.00. The molecule has 1 amide bonds. The number of nitrogens with zero attached hydrogens (tertiary/aromatic N) is 2. The number of carboxylic acids is 1. The van der Waals surface area contributed by atoms with Gasteiger partial charge in [-0.1, -0.05) is 24.3 Å². The highest BCUT2D eigenvalue weighted by Crippen LogP contribution is 2.18. The van der Waals surface area contributed by atoms with Gasteiger partial charge in [0, 0.05) is 6.54 Å². The summed E-state index contributed by atoms with van der Waals surface area (Å²) in [6.45, 7) is 0.665. The van der Waals surface area contributed by atoms with Crippen molar-refractivity contribution in [2.45, 2.75) is 18.7 Å². The number of hydrogen-bond acceptors (Lipinski definition) is 4. The normalized spacial score (nSPS) is 10.9. The van der Waals surface area contributed by atoms with Gasteiger partial charge in [0.25, 0.3) is 0 Å². The lowest BCUT2D eigenvalue weighted by Gasteiger charge is -2.10. The summed E-state index contributed by atoms with van der Waals surface area (Å²) in [6, 6.07) is 14.6. The largest absolute Gasteiger partial charge is 0.478 e. The second-order valence-corrected chi connectivity index (χ2v) is 7.01. The molecule has 0 saturated carbocycles. The van der Waals surface area contributed by atoms with Gasteiger partial charge in [0.2, 0.25) is 5.91 Å². The summed E-state index contributed by atoms with van der Waals surface area (Å²) in [5, 5.41) is 12.0. The highest BCUT2D eigenvalue weighted by Gasteiger charge is 2.13. The molecule has 3 aromatic rings. The molecule has 0 aliphatic rings. The van der Waals surface area contributed by atoms with Crippen LogP contribution < -0.4 is 5.32 Å². The van der Waals surface area contributed by atoms with Crippen LogP contribution in [0.1, 0.15) is 21.7 Å². The molecule has 3 rings (SSSR count). The summed E-state index contributed by atoms with van der Waals surface area (Å²) in [6.07, 6.45) is 2.59. The average Bonchev–Trinajstić information content (AvgIpc) is 3.00. The number of nitrogens with one attached hydrogen (secondary N) is 1. The Morgan fingerprint density at radius 1 is 1.19 bits per heavy atom. The number of para-hydroxylation sites is 2. The number of rotatable bonds is 8. The van der Waals surface area contributed by atoms with Crippen molar-refractivity contribution in [3.63, 3.8) is 0 Å². The van der Waals surface area contributed by atoms with Crippen LogP contribution in [0.5, 0.6) is 0 Å². The van der Waals surface area contributed by atoms with Crippen LogP contribution in [0.25, 0.3) is 11.0 Å². The molecule has 140 valence electrons. The number of aromatic carboxylic acids is 1. The van der Waals surface area contributed by atoms with E-state index in [9.17, 15) is 9.59 Å². The lowest BCUT2D eigenvalue weighted by molar-refractivity contribution is -0.121. The third-order valence-corrected chi connectivity index (χ3v) is 4.77. The molecular formula is C20H21N3O3S. The second kappa shape index (κ2) is 8.73. The molecule has 0 spiro atoms. The van der Waals surface area contributed by atoms with E-state index in [4.69, 9.17) is 5.11 Å². The number of carboxylic acid groups (broad SMARTS) is 1. The Labute approximate surface area is 161 Å². The Kier molecular flexibility index (Phi) is 6.13. The maximum Gasteiger partial charge on any atom is 0.335 e. The van der Waals surface area contributed by atoms with Gasteiger partial charge < -0.3 is 15.0 Å². The first-order valence-electron chi connectivity index (χ1n) is 8.60. The van der Waals surface area contributed by atoms with Crippen LogP contribution in [0.15, 0.2) is 48.5 Å². The minimum Gasteiger partial charge on any atom is -0.478 e. The molecule has 0 aliphatic heterocycles. The fourth-order valence-electron chi connectivity index (χ4n) is 2.95. The van der Waals surface area contributed by atoms with Crippen LogP contribution in [0, 0.1) is 0 Å². The average molecular weight is 383 g/mol. The molecule has 7 heteroatoms. The monoisotopic (exact) mass is 383 g/mol. The van der Waals surface area contributed by atoms with Gasteiger partial charge in [-0.05, 0) is 42.5 Å². The van der Waals surface area contributed by atoms with E-state index in [1.807, 2.05) is 41.2 Å². The quantitative estimate of drug-likeness (QED) is 0.625. The first kappa shape index (κ1) is 19.0. The molecule has 0 saturated heterocycles. The van der Waals surface area contributed by atoms with Crippen LogP contribution in [0.3, 0.4) is 0 Å². The van der Waals surface area contributed by atoms with Gasteiger partial charge in [-0.2, -0.15) is 11.8 Å². The number of aromatic nitrogens is 2. The van der Waals surface area contributed by atoms with Crippen molar-refractivity contribution >= 4 is 34.7 Å². The highest BCUT2D eigenvalue weighted by molar-refractivity contribution is 7.97. The fourth-order valence-corrected chi connectivity index (χ4v) is 3.43. The maximum absolute atomic E-state index is 12.4. The van der Waals surface area contributed by atoms with Crippen molar-refractivity contribution in [1.82, 2.24) is 14.9 Å². The zero-order chi connectivity index (χ0) is 19.2. The zero-order valence-corrected chi connectivity index (χ0v) is 15.8. The van der Waals surface area contributed by atoms with E-state index in [1.54, 1.807) is 30.0 Å². The number of carbonyl (C=O) groups excluding carboxylic acids is 1. The molecule has 0 atom stereocenters. The third-order valence-electron chi connectivity index (χ3n) is 4.22. The summed E-state index contributed by atoms with van der Waals surface area (Å²) in [7, 11) is 0. The Bertz CT molecular complexity index is 968. The van der Waals surface area contributed by atoms with Crippen LogP contribution in [0.2, 0.25) is 0 Å². The van der Waals surface area contributed by atoms with Crippen molar-refractivity contribution in [3.8, 4) is 0 Å². The molecule has 0 unspecified atom stereocenters. The van der Waals surface area contributed by atoms with Gasteiger partial charge >= 0.3 is 5.97 Å². The third kappa shape index (κ3) is 4.68. The Hall–Kier alpha value is -2.80. The molecule has 1 aromatic heterocycles. The number of imidazole rings is 1. The lowest BCUT2D eigenvalue weighted by atomic mass is 10.1. The zero-order valence-electron chi connectivity index (χ0n) is 15.0. The number of amides is 1. The van der Waals surface area contributed by atoms with E-state index >= 15 is 0 Å². The predicted octanol–water partition coefficient (Wildman–Crippen LogP) is 2.96. The molecule has 2 N–H and O–H groups in total. The molecule has 0 aliphatic carbocycles. The standard InChI is InChI=1S/C20H21N3O3S/c1-27-13-18-22-16-7-2-3-8-17(16)23(18)12-19(24)21-10-9-14-5-4-6-15(11-14)20(25)26/h2-8,11H,9-10,12-13H2,1H3,(H,21,24)(H,25,26). The summed E-state index contributed by atoms with van der Waals surface area (Å²) < 4.78 is 1.95. The van der Waals surface area contributed by atoms with E-state index in [0.717, 1.165) is 28.2 Å². The van der Waals surface area contributed by atoms with Crippen molar-refractivity contribution in [1.29, 1.82) is 0 Å². The van der Waals surface area contributed by atoms with Crippen LogP contribution in [-0.4, -0.2) is 39.3 Å². The number of thioether (sulfide) groups is 1. The summed E-state index contributed by atoms with van der Waals surface area (Å²) in [5.74, 6) is 0.585. The maximum atomic E-state index is 12.4. The van der Waals surface area contributed by atoms with E-state index in [0.29, 0.717) is 13.0 Å². The molecule has 6 nitrogen and oxygen atoms in total. The van der Waals surface area contributed by atoms with Crippen LogP contribution >= 0.6 is 11.8 Å². The van der Waals surface area contributed by atoms with Crippen LogP contribution in [0.4, 0.5) is 0 Å². The number of hydrogen-bond donors (Lipinski definition) is 2. The molecule has 0 bridgehead atoms. The van der Waals surface area contributed by atoms with E-state index in [-0.39, 0.29) is 18.0 Å². The van der Waals surface area contributed by atoms with E-state index < -0.39 is 5.97 Å². The summed E-state index contributed by atoms with van der Waals surface area (Å²) >= 11 is 1.67. The molecule has 0 radical (unpaired) electrons. The molecule has 2 aromatic carbocycles. The summed E-state index contributed by atoms with van der Waals surface area (Å²) in [5.41, 5.74) is 2.97. The minimum atomic E-state index is -0.950. The number of benzene rings is 2. The van der Waals surface area contributed by atoms with Crippen LogP contribution in [-0.2, 0) is 23.5 Å². The number of carbonyl (C=O) groups is 2. The van der Waals surface area contributed by atoms with Crippen molar-refractivity contribution in [2.75, 3.05) is 12.8 Å². The topological polar surface area (TPSA) is 84.2 Å². The van der Waals surface area contributed by atoms with Gasteiger partial charge in [-0.3, -0.25) is 4.79 Å². The fraction of sp³-hybridized carbons (Fsp3) is 0.250. The van der Waals surface area contributed by atoms with Crippen molar-refractivity contribution in [3.05, 3.63) is 65.5 Å². The predicted molar refractivity (Wildman–Crippen MR) is 107 cm³/mol. The first-order chi connectivity index (χ1) is 13.1. The Morgan fingerprint density at radius 3 is 2.78 bits per heavy atom. The van der Waals surface area contributed by atoms with Crippen molar-refractivity contribution in [2.24, 2.45) is 0 Å². The van der Waals surface area contributed by atoms with Gasteiger partial charge in [-0.15, -0.1) is 0 Å². The molecule has 1 heterocycles. The van der Waals surface area contributed by atoms with Gasteiger partial charge in [0.15, 0.2) is 0 Å². The summed E-state index contributed by atoms with van der Waals surface area (Å²) in [4.78, 5) is 28.1. The SMILES string of the molecule is CSCc1nc2ccccc2n1CC(=O)NCCc1cccc(C(=O)O)c1.